The van der Waals surface area contributed by atoms with Crippen molar-refractivity contribution in [2.75, 3.05) is 11.9 Å². The summed E-state index contributed by atoms with van der Waals surface area (Å²) >= 11 is 0. The average molecular weight is 604 g/mol. The molecule has 3 aromatic carbocycles. The lowest BCUT2D eigenvalue weighted by molar-refractivity contribution is -0.141. The van der Waals surface area contributed by atoms with Gasteiger partial charge in [-0.2, -0.15) is 0 Å². The fourth-order valence-corrected chi connectivity index (χ4v) is 5.22. The van der Waals surface area contributed by atoms with Crippen molar-refractivity contribution < 1.29 is 32.2 Å². The number of anilines is 1. The second-order valence-electron chi connectivity index (χ2n) is 10.3. The fourth-order valence-electron chi connectivity index (χ4n) is 4.18. The van der Waals surface area contributed by atoms with Crippen LogP contribution in [0.2, 0.25) is 0 Å². The van der Waals surface area contributed by atoms with Crippen LogP contribution in [-0.2, 0) is 37.5 Å². The van der Waals surface area contributed by atoms with Crippen molar-refractivity contribution in [1.82, 2.24) is 9.71 Å². The molecule has 0 aliphatic carbocycles. The summed E-state index contributed by atoms with van der Waals surface area (Å²) < 4.78 is 45.2. The summed E-state index contributed by atoms with van der Waals surface area (Å²) in [5.74, 6) is -0.658. The maximum Gasteiger partial charge on any atom is 0.427 e. The number of carbonyl (C=O) groups is 2. The summed E-state index contributed by atoms with van der Waals surface area (Å²) in [4.78, 5) is 29.6. The van der Waals surface area contributed by atoms with Crippen LogP contribution in [-0.4, -0.2) is 38.1 Å². The summed E-state index contributed by atoms with van der Waals surface area (Å²) in [6, 6.07) is 29.4. The molecule has 0 fully saturated rings. The minimum atomic E-state index is -4.45. The van der Waals surface area contributed by atoms with E-state index >= 15 is 0 Å². The molecule has 0 radical (unpaired) electrons. The third kappa shape index (κ3) is 9.20. The first-order valence-corrected chi connectivity index (χ1v) is 15.0. The molecule has 0 spiro atoms. The van der Waals surface area contributed by atoms with Gasteiger partial charge in [-0.1, -0.05) is 92.7 Å². The number of aromatic nitrogens is 1. The number of carbonyl (C=O) groups excluding carboxylic acids is 2. The molecular weight excluding hydrogens is 570 g/mol. The van der Waals surface area contributed by atoms with Gasteiger partial charge in [-0.15, -0.1) is 0 Å². The molecule has 1 unspecified atom stereocenters. The van der Waals surface area contributed by atoms with E-state index in [0.717, 1.165) is 11.1 Å². The Morgan fingerprint density at radius 3 is 2.07 bits per heavy atom. The largest absolute Gasteiger partial charge is 0.427 e. The van der Waals surface area contributed by atoms with Crippen molar-refractivity contribution in [1.29, 1.82) is 0 Å². The SMILES string of the molecule is CC(C)(COCc1ccccc1)C(OCc1ccccc1)C(=O)Nc1ccccc1S(=O)(=O)NC(=O)Oc1ccccn1. The van der Waals surface area contributed by atoms with Gasteiger partial charge in [-0.25, -0.2) is 22.9 Å². The van der Waals surface area contributed by atoms with E-state index in [9.17, 15) is 18.0 Å². The van der Waals surface area contributed by atoms with E-state index in [4.69, 9.17) is 14.2 Å². The highest BCUT2D eigenvalue weighted by Crippen LogP contribution is 2.29. The maximum atomic E-state index is 13.7. The van der Waals surface area contributed by atoms with Crippen LogP contribution in [0.4, 0.5) is 10.5 Å². The molecule has 4 aromatic rings. The normalized spacial score (nSPS) is 12.2. The third-order valence-electron chi connectivity index (χ3n) is 6.28. The van der Waals surface area contributed by atoms with Gasteiger partial charge in [-0.3, -0.25) is 4.79 Å². The number of ether oxygens (including phenoxy) is 3. The molecule has 224 valence electrons. The molecule has 11 heteroatoms. The minimum absolute atomic E-state index is 0.0417. The molecule has 0 aliphatic rings. The molecule has 0 saturated carbocycles. The molecule has 2 amide bonds. The number of rotatable bonds is 13. The molecule has 43 heavy (non-hydrogen) atoms. The van der Waals surface area contributed by atoms with Gasteiger partial charge in [0.2, 0.25) is 5.88 Å². The molecule has 1 atom stereocenters. The predicted molar refractivity (Wildman–Crippen MR) is 161 cm³/mol. The van der Waals surface area contributed by atoms with Crippen molar-refractivity contribution in [2.24, 2.45) is 5.41 Å². The van der Waals surface area contributed by atoms with Crippen LogP contribution in [0.25, 0.3) is 0 Å². The molecule has 2 N–H and O–H groups in total. The van der Waals surface area contributed by atoms with Crippen LogP contribution < -0.4 is 14.8 Å². The number of pyridine rings is 1. The zero-order valence-electron chi connectivity index (χ0n) is 23.8. The van der Waals surface area contributed by atoms with Crippen LogP contribution >= 0.6 is 0 Å². The summed E-state index contributed by atoms with van der Waals surface area (Å²) in [6.07, 6.45) is -0.895. The quantitative estimate of drug-likeness (QED) is 0.210. The van der Waals surface area contributed by atoms with Gasteiger partial charge in [-0.05, 0) is 29.3 Å². The number of amides is 2. The molecule has 0 aliphatic heterocycles. The predicted octanol–water partition coefficient (Wildman–Crippen LogP) is 5.33. The van der Waals surface area contributed by atoms with Gasteiger partial charge in [0, 0.05) is 17.7 Å². The highest BCUT2D eigenvalue weighted by Gasteiger charge is 2.37. The van der Waals surface area contributed by atoms with Crippen LogP contribution in [0, 0.1) is 5.41 Å². The monoisotopic (exact) mass is 603 g/mol. The van der Waals surface area contributed by atoms with E-state index < -0.39 is 33.5 Å². The number of para-hydroxylation sites is 1. The van der Waals surface area contributed by atoms with Crippen molar-refractivity contribution in [2.45, 2.75) is 38.1 Å². The molecule has 4 rings (SSSR count). The molecule has 1 heterocycles. The van der Waals surface area contributed by atoms with E-state index in [-0.39, 0.29) is 29.7 Å². The second kappa shape index (κ2) is 14.5. The van der Waals surface area contributed by atoms with Crippen LogP contribution in [0.15, 0.2) is 114 Å². The van der Waals surface area contributed by atoms with Gasteiger partial charge in [0.15, 0.2) is 0 Å². The lowest BCUT2D eigenvalue weighted by Gasteiger charge is -2.33. The maximum absolute atomic E-state index is 13.7. The second-order valence-corrected chi connectivity index (χ2v) is 11.9. The lowest BCUT2D eigenvalue weighted by Crippen LogP contribution is -2.45. The number of benzene rings is 3. The number of nitrogens with one attached hydrogen (secondary N) is 2. The Labute approximate surface area is 251 Å². The van der Waals surface area contributed by atoms with Crippen LogP contribution in [0.5, 0.6) is 5.88 Å². The lowest BCUT2D eigenvalue weighted by atomic mass is 9.86. The van der Waals surface area contributed by atoms with E-state index in [0.29, 0.717) is 6.61 Å². The van der Waals surface area contributed by atoms with Gasteiger partial charge < -0.3 is 19.5 Å². The summed E-state index contributed by atoms with van der Waals surface area (Å²) in [7, 11) is -4.45. The highest BCUT2D eigenvalue weighted by atomic mass is 32.2. The van der Waals surface area contributed by atoms with Crippen molar-refractivity contribution >= 4 is 27.7 Å². The first kappa shape index (κ1) is 31.4. The van der Waals surface area contributed by atoms with Crippen molar-refractivity contribution in [3.8, 4) is 5.88 Å². The number of hydrogen-bond donors (Lipinski definition) is 2. The Bertz CT molecular complexity index is 1600. The molecule has 10 nitrogen and oxygen atoms in total. The third-order valence-corrected chi connectivity index (χ3v) is 7.65. The smallest absolute Gasteiger partial charge is 0.391 e. The van der Waals surface area contributed by atoms with Crippen LogP contribution in [0.1, 0.15) is 25.0 Å². The topological polar surface area (TPSA) is 133 Å². The Kier molecular flexibility index (Phi) is 10.6. The molecule has 1 aromatic heterocycles. The Hall–Kier alpha value is -4.58. The fraction of sp³-hybridized carbons (Fsp3) is 0.219. The zero-order chi connectivity index (χ0) is 30.7. The Morgan fingerprint density at radius 1 is 0.814 bits per heavy atom. The Balaban J connectivity index is 1.51. The Morgan fingerprint density at radius 2 is 1.42 bits per heavy atom. The average Bonchev–Trinajstić information content (AvgIpc) is 2.98. The number of hydrogen-bond acceptors (Lipinski definition) is 8. The van der Waals surface area contributed by atoms with E-state index in [1.54, 1.807) is 18.2 Å². The number of nitrogens with zero attached hydrogens (tertiary/aromatic N) is 1. The first-order valence-electron chi connectivity index (χ1n) is 13.5. The summed E-state index contributed by atoms with van der Waals surface area (Å²) in [6.45, 7) is 4.34. The van der Waals surface area contributed by atoms with Gasteiger partial charge in [0.1, 0.15) is 11.0 Å². The van der Waals surface area contributed by atoms with Crippen LogP contribution in [0.3, 0.4) is 0 Å². The number of sulfonamides is 1. The van der Waals surface area contributed by atoms with E-state index in [2.05, 4.69) is 10.3 Å². The first-order chi connectivity index (χ1) is 20.6. The van der Waals surface area contributed by atoms with Crippen molar-refractivity contribution in [3.63, 3.8) is 0 Å². The highest BCUT2D eigenvalue weighted by molar-refractivity contribution is 7.90. The standard InChI is InChI=1S/C32H33N3O7S/c1-32(2,23-40-21-24-13-5-3-6-14-24)29(41-22-25-15-7-4-8-16-25)30(36)34-26-17-9-10-18-27(26)43(38,39)35-31(37)42-28-19-11-12-20-33-28/h3-20,29H,21-23H2,1-2H3,(H,34,36)(H,35,37). The van der Waals surface area contributed by atoms with Crippen molar-refractivity contribution in [3.05, 3.63) is 120 Å². The minimum Gasteiger partial charge on any atom is -0.391 e. The molecular formula is C32H33N3O7S. The van der Waals surface area contributed by atoms with Gasteiger partial charge in [0.05, 0.1) is 25.5 Å². The van der Waals surface area contributed by atoms with Gasteiger partial charge in [0.25, 0.3) is 15.9 Å². The summed E-state index contributed by atoms with van der Waals surface area (Å²) in [5.41, 5.74) is 0.976. The zero-order valence-corrected chi connectivity index (χ0v) is 24.6. The van der Waals surface area contributed by atoms with E-state index in [1.165, 1.54) is 30.5 Å². The molecule has 0 saturated heterocycles. The van der Waals surface area contributed by atoms with Gasteiger partial charge >= 0.3 is 6.09 Å². The molecule has 0 bridgehead atoms. The van der Waals surface area contributed by atoms with E-state index in [1.807, 2.05) is 79.2 Å². The summed E-state index contributed by atoms with van der Waals surface area (Å²) in [5, 5.41) is 2.69.